The van der Waals surface area contributed by atoms with Crippen molar-refractivity contribution in [1.29, 1.82) is 0 Å². The van der Waals surface area contributed by atoms with Crippen molar-refractivity contribution in [2.75, 3.05) is 12.4 Å². The minimum absolute atomic E-state index is 0.0501. The zero-order valence-electron chi connectivity index (χ0n) is 11.5. The van der Waals surface area contributed by atoms with Gasteiger partial charge in [-0.1, -0.05) is 20.8 Å². The Bertz CT molecular complexity index is 552. The standard InChI is InChI=1S/C14H19N3S/c1-9-10(6-7-18-9)11-8-12(15-5)17-13(16-11)14(2,3)4/h6-8H,1-5H3,(H,15,16,17). The van der Waals surface area contributed by atoms with E-state index in [4.69, 9.17) is 4.98 Å². The van der Waals surface area contributed by atoms with Crippen LogP contribution >= 0.6 is 11.3 Å². The van der Waals surface area contributed by atoms with Gasteiger partial charge in [-0.05, 0) is 18.4 Å². The first kappa shape index (κ1) is 13.0. The summed E-state index contributed by atoms with van der Waals surface area (Å²) >= 11 is 1.75. The fourth-order valence-corrected chi connectivity index (χ4v) is 2.41. The van der Waals surface area contributed by atoms with Gasteiger partial charge in [-0.2, -0.15) is 0 Å². The molecule has 0 saturated heterocycles. The molecule has 0 bridgehead atoms. The van der Waals surface area contributed by atoms with Gasteiger partial charge < -0.3 is 5.32 Å². The molecule has 0 unspecified atom stereocenters. The number of hydrogen-bond donors (Lipinski definition) is 1. The minimum Gasteiger partial charge on any atom is -0.373 e. The first-order chi connectivity index (χ1) is 8.41. The van der Waals surface area contributed by atoms with Crippen LogP contribution in [0, 0.1) is 6.92 Å². The molecule has 4 heteroatoms. The molecule has 18 heavy (non-hydrogen) atoms. The van der Waals surface area contributed by atoms with E-state index in [0.717, 1.165) is 17.3 Å². The Morgan fingerprint density at radius 3 is 2.44 bits per heavy atom. The summed E-state index contributed by atoms with van der Waals surface area (Å²) in [5, 5.41) is 5.21. The largest absolute Gasteiger partial charge is 0.373 e. The molecular formula is C14H19N3S. The van der Waals surface area contributed by atoms with Crippen LogP contribution in [-0.2, 0) is 5.41 Å². The number of nitrogens with zero attached hydrogens (tertiary/aromatic N) is 2. The lowest BCUT2D eigenvalue weighted by Gasteiger charge is -2.18. The lowest BCUT2D eigenvalue weighted by molar-refractivity contribution is 0.547. The lowest BCUT2D eigenvalue weighted by Crippen LogP contribution is -2.17. The quantitative estimate of drug-likeness (QED) is 0.892. The van der Waals surface area contributed by atoms with Crippen LogP contribution in [0.5, 0.6) is 0 Å². The van der Waals surface area contributed by atoms with Crippen LogP contribution in [0.2, 0.25) is 0 Å². The van der Waals surface area contributed by atoms with Crippen molar-refractivity contribution < 1.29 is 0 Å². The van der Waals surface area contributed by atoms with Crippen LogP contribution in [0.4, 0.5) is 5.82 Å². The number of aromatic nitrogens is 2. The SMILES string of the molecule is CNc1cc(-c2ccsc2C)nc(C(C)(C)C)n1. The van der Waals surface area contributed by atoms with Crippen molar-refractivity contribution in [2.24, 2.45) is 0 Å². The fourth-order valence-electron chi connectivity index (χ4n) is 1.70. The zero-order valence-corrected chi connectivity index (χ0v) is 12.4. The molecule has 2 heterocycles. The van der Waals surface area contributed by atoms with Gasteiger partial charge in [0.15, 0.2) is 0 Å². The average molecular weight is 261 g/mol. The predicted octanol–water partition coefficient (Wildman–Crippen LogP) is 3.85. The van der Waals surface area contributed by atoms with Crippen LogP contribution in [0.1, 0.15) is 31.5 Å². The van der Waals surface area contributed by atoms with Gasteiger partial charge in [0.25, 0.3) is 0 Å². The molecule has 0 aliphatic heterocycles. The normalized spacial score (nSPS) is 11.6. The van der Waals surface area contributed by atoms with E-state index in [1.807, 2.05) is 13.1 Å². The van der Waals surface area contributed by atoms with E-state index >= 15 is 0 Å². The van der Waals surface area contributed by atoms with Gasteiger partial charge in [0, 0.05) is 29.0 Å². The summed E-state index contributed by atoms with van der Waals surface area (Å²) in [6, 6.07) is 4.12. The molecule has 0 spiro atoms. The first-order valence-electron chi connectivity index (χ1n) is 6.03. The Balaban J connectivity index is 2.58. The Morgan fingerprint density at radius 2 is 1.94 bits per heavy atom. The van der Waals surface area contributed by atoms with E-state index in [9.17, 15) is 0 Å². The van der Waals surface area contributed by atoms with Gasteiger partial charge in [-0.25, -0.2) is 9.97 Å². The highest BCUT2D eigenvalue weighted by atomic mass is 32.1. The van der Waals surface area contributed by atoms with E-state index in [1.54, 1.807) is 11.3 Å². The van der Waals surface area contributed by atoms with E-state index in [-0.39, 0.29) is 5.41 Å². The molecule has 2 rings (SSSR count). The molecule has 0 fully saturated rings. The molecular weight excluding hydrogens is 242 g/mol. The molecule has 96 valence electrons. The monoisotopic (exact) mass is 261 g/mol. The summed E-state index contributed by atoms with van der Waals surface area (Å²) < 4.78 is 0. The third-order valence-corrected chi connectivity index (χ3v) is 3.63. The Kier molecular flexibility index (Phi) is 3.39. The first-order valence-corrected chi connectivity index (χ1v) is 6.91. The molecule has 2 aromatic rings. The Hall–Kier alpha value is -1.42. The third kappa shape index (κ3) is 2.53. The number of hydrogen-bond acceptors (Lipinski definition) is 4. The molecule has 3 nitrogen and oxygen atoms in total. The maximum Gasteiger partial charge on any atom is 0.136 e. The Labute approximate surface area is 112 Å². The highest BCUT2D eigenvalue weighted by molar-refractivity contribution is 7.10. The van der Waals surface area contributed by atoms with Crippen molar-refractivity contribution >= 4 is 17.2 Å². The molecule has 0 saturated carbocycles. The third-order valence-electron chi connectivity index (χ3n) is 2.79. The van der Waals surface area contributed by atoms with Crippen molar-refractivity contribution in [1.82, 2.24) is 9.97 Å². The maximum absolute atomic E-state index is 4.71. The highest BCUT2D eigenvalue weighted by Crippen LogP contribution is 2.29. The second-order valence-electron chi connectivity index (χ2n) is 5.35. The zero-order chi connectivity index (χ0) is 13.3. The van der Waals surface area contributed by atoms with Crippen LogP contribution in [0.3, 0.4) is 0 Å². The summed E-state index contributed by atoms with van der Waals surface area (Å²) in [4.78, 5) is 10.5. The average Bonchev–Trinajstić information content (AvgIpc) is 2.73. The smallest absolute Gasteiger partial charge is 0.136 e. The van der Waals surface area contributed by atoms with Crippen molar-refractivity contribution in [3.8, 4) is 11.3 Å². The van der Waals surface area contributed by atoms with Gasteiger partial charge >= 0.3 is 0 Å². The van der Waals surface area contributed by atoms with Crippen molar-refractivity contribution in [2.45, 2.75) is 33.1 Å². The highest BCUT2D eigenvalue weighted by Gasteiger charge is 2.19. The molecule has 1 N–H and O–H groups in total. The van der Waals surface area contributed by atoms with Gasteiger partial charge in [0.05, 0.1) is 5.69 Å². The number of rotatable bonds is 2. The molecule has 0 atom stereocenters. The fraction of sp³-hybridized carbons (Fsp3) is 0.429. The number of anilines is 1. The van der Waals surface area contributed by atoms with Crippen molar-refractivity contribution in [3.63, 3.8) is 0 Å². The van der Waals surface area contributed by atoms with Crippen LogP contribution in [-0.4, -0.2) is 17.0 Å². The molecule has 0 aromatic carbocycles. The molecule has 0 aliphatic rings. The summed E-state index contributed by atoms with van der Waals surface area (Å²) in [5.41, 5.74) is 2.15. The summed E-state index contributed by atoms with van der Waals surface area (Å²) in [7, 11) is 1.89. The minimum atomic E-state index is -0.0501. The van der Waals surface area contributed by atoms with E-state index in [0.29, 0.717) is 0 Å². The van der Waals surface area contributed by atoms with Crippen LogP contribution in [0.25, 0.3) is 11.3 Å². The molecule has 2 aromatic heterocycles. The van der Waals surface area contributed by atoms with Gasteiger partial charge in [0.1, 0.15) is 11.6 Å². The topological polar surface area (TPSA) is 37.8 Å². The summed E-state index contributed by atoms with van der Waals surface area (Å²) in [6.07, 6.45) is 0. The van der Waals surface area contributed by atoms with E-state index in [2.05, 4.69) is 49.4 Å². The summed E-state index contributed by atoms with van der Waals surface area (Å²) in [5.74, 6) is 1.74. The molecule has 0 aliphatic carbocycles. The van der Waals surface area contributed by atoms with E-state index in [1.165, 1.54) is 10.4 Å². The summed E-state index contributed by atoms with van der Waals surface area (Å²) in [6.45, 7) is 8.52. The number of nitrogens with one attached hydrogen (secondary N) is 1. The second kappa shape index (κ2) is 4.69. The second-order valence-corrected chi connectivity index (χ2v) is 6.47. The molecule has 0 amide bonds. The van der Waals surface area contributed by atoms with Gasteiger partial charge in [0.2, 0.25) is 0 Å². The molecule has 0 radical (unpaired) electrons. The van der Waals surface area contributed by atoms with Gasteiger partial charge in [-0.3, -0.25) is 0 Å². The van der Waals surface area contributed by atoms with Crippen LogP contribution in [0.15, 0.2) is 17.5 Å². The maximum atomic E-state index is 4.71. The number of thiophene rings is 1. The predicted molar refractivity (Wildman–Crippen MR) is 78.3 cm³/mol. The van der Waals surface area contributed by atoms with E-state index < -0.39 is 0 Å². The lowest BCUT2D eigenvalue weighted by atomic mass is 9.95. The van der Waals surface area contributed by atoms with Crippen molar-refractivity contribution in [3.05, 3.63) is 28.2 Å². The Morgan fingerprint density at radius 1 is 1.22 bits per heavy atom. The van der Waals surface area contributed by atoms with Gasteiger partial charge in [-0.15, -0.1) is 11.3 Å². The van der Waals surface area contributed by atoms with Crippen LogP contribution < -0.4 is 5.32 Å². The number of aryl methyl sites for hydroxylation is 1.